The van der Waals surface area contributed by atoms with E-state index in [0.29, 0.717) is 12.8 Å². The highest BCUT2D eigenvalue weighted by Crippen LogP contribution is 2.37. The molecule has 0 aliphatic heterocycles. The number of hydrogen-bond donors (Lipinski definition) is 0. The van der Waals surface area contributed by atoms with Gasteiger partial charge in [-0.15, -0.1) is 0 Å². The van der Waals surface area contributed by atoms with E-state index in [-0.39, 0.29) is 12.3 Å². The molecule has 0 aromatic heterocycles. The quantitative estimate of drug-likeness (QED) is 0.611. The summed E-state index contributed by atoms with van der Waals surface area (Å²) in [7, 11) is 0. The summed E-state index contributed by atoms with van der Waals surface area (Å²) in [6.07, 6.45) is -1.63. The molecule has 0 saturated heterocycles. The van der Waals surface area contributed by atoms with Gasteiger partial charge >= 0.3 is 6.18 Å². The molecule has 0 bridgehead atoms. The van der Waals surface area contributed by atoms with Gasteiger partial charge < -0.3 is 0 Å². The third kappa shape index (κ3) is 4.53. The number of rotatable bonds is 5. The molecule has 0 saturated carbocycles. The first-order valence-corrected chi connectivity index (χ1v) is 5.00. The van der Waals surface area contributed by atoms with Crippen LogP contribution in [0, 0.1) is 11.8 Å². The lowest BCUT2D eigenvalue weighted by molar-refractivity contribution is -0.189. The minimum atomic E-state index is -4.01. The van der Waals surface area contributed by atoms with Gasteiger partial charge in [0.05, 0.1) is 5.92 Å². The predicted octanol–water partition coefficient (Wildman–Crippen LogP) is 4.40. The molecule has 0 fully saturated rings. The average Bonchev–Trinajstić information content (AvgIpc) is 1.98. The van der Waals surface area contributed by atoms with Crippen molar-refractivity contribution in [2.75, 3.05) is 0 Å². The largest absolute Gasteiger partial charge is 0.392 e. The van der Waals surface area contributed by atoms with E-state index in [9.17, 15) is 13.2 Å². The molecule has 0 aliphatic carbocycles. The predicted molar refractivity (Wildman–Crippen MR) is 48.5 cm³/mol. The minimum absolute atomic E-state index is 0.232. The summed E-state index contributed by atoms with van der Waals surface area (Å²) in [5, 5.41) is 0. The normalized spacial score (nSPS) is 17.1. The lowest BCUT2D eigenvalue weighted by atomic mass is 9.86. The van der Waals surface area contributed by atoms with E-state index >= 15 is 0 Å². The van der Waals surface area contributed by atoms with Gasteiger partial charge in [-0.1, -0.05) is 40.0 Å². The summed E-state index contributed by atoms with van der Waals surface area (Å²) in [4.78, 5) is 0. The molecule has 0 radical (unpaired) electrons. The Hall–Kier alpha value is -0.210. The van der Waals surface area contributed by atoms with E-state index in [1.54, 1.807) is 13.8 Å². The number of halogens is 3. The Kier molecular flexibility index (Phi) is 5.42. The van der Waals surface area contributed by atoms with Gasteiger partial charge in [0.1, 0.15) is 0 Å². The molecular formula is C10H19F3. The Bertz CT molecular complexity index is 129. The van der Waals surface area contributed by atoms with Crippen LogP contribution in [0.5, 0.6) is 0 Å². The van der Waals surface area contributed by atoms with E-state index < -0.39 is 12.1 Å². The van der Waals surface area contributed by atoms with Crippen LogP contribution in [0.2, 0.25) is 0 Å². The van der Waals surface area contributed by atoms with Crippen molar-refractivity contribution in [1.82, 2.24) is 0 Å². The van der Waals surface area contributed by atoms with Gasteiger partial charge in [0.15, 0.2) is 0 Å². The van der Waals surface area contributed by atoms with Crippen LogP contribution in [0.25, 0.3) is 0 Å². The maximum Gasteiger partial charge on any atom is 0.392 e. The van der Waals surface area contributed by atoms with Crippen molar-refractivity contribution in [1.29, 1.82) is 0 Å². The van der Waals surface area contributed by atoms with E-state index in [2.05, 4.69) is 0 Å². The topological polar surface area (TPSA) is 0 Å². The zero-order valence-corrected chi connectivity index (χ0v) is 8.62. The fourth-order valence-electron chi connectivity index (χ4n) is 1.74. The van der Waals surface area contributed by atoms with E-state index in [1.807, 2.05) is 6.92 Å². The molecule has 2 atom stereocenters. The monoisotopic (exact) mass is 196 g/mol. The molecule has 0 amide bonds. The summed E-state index contributed by atoms with van der Waals surface area (Å²) in [6.45, 7) is 5.44. The van der Waals surface area contributed by atoms with E-state index in [1.165, 1.54) is 0 Å². The minimum Gasteiger partial charge on any atom is -0.171 e. The highest BCUT2D eigenvalue weighted by Gasteiger charge is 2.41. The van der Waals surface area contributed by atoms with Crippen LogP contribution < -0.4 is 0 Å². The van der Waals surface area contributed by atoms with Crippen molar-refractivity contribution in [2.24, 2.45) is 11.8 Å². The molecule has 0 heterocycles. The molecule has 0 rings (SSSR count). The molecule has 0 spiro atoms. The first kappa shape index (κ1) is 12.8. The highest BCUT2D eigenvalue weighted by molar-refractivity contribution is 4.72. The van der Waals surface area contributed by atoms with Crippen LogP contribution >= 0.6 is 0 Å². The summed E-state index contributed by atoms with van der Waals surface area (Å²) in [5.74, 6) is -1.33. The molecule has 0 aromatic rings. The van der Waals surface area contributed by atoms with Gasteiger partial charge in [0.2, 0.25) is 0 Å². The SMILES string of the molecule is CCCC(C)C(CCC)C(F)(F)F. The number of alkyl halides is 3. The van der Waals surface area contributed by atoms with Crippen molar-refractivity contribution < 1.29 is 13.2 Å². The van der Waals surface area contributed by atoms with Crippen molar-refractivity contribution >= 4 is 0 Å². The van der Waals surface area contributed by atoms with Crippen molar-refractivity contribution in [3.8, 4) is 0 Å². The molecule has 0 aliphatic rings. The summed E-state index contributed by atoms with van der Waals surface area (Å²) >= 11 is 0. The lowest BCUT2D eigenvalue weighted by Crippen LogP contribution is -2.28. The van der Waals surface area contributed by atoms with E-state index in [4.69, 9.17) is 0 Å². The van der Waals surface area contributed by atoms with Gasteiger partial charge in [-0.05, 0) is 12.3 Å². The van der Waals surface area contributed by atoms with Gasteiger partial charge in [0.25, 0.3) is 0 Å². The summed E-state index contributed by atoms with van der Waals surface area (Å²) < 4.78 is 37.4. The van der Waals surface area contributed by atoms with E-state index in [0.717, 1.165) is 6.42 Å². The summed E-state index contributed by atoms with van der Waals surface area (Å²) in [5.41, 5.74) is 0. The highest BCUT2D eigenvalue weighted by atomic mass is 19.4. The molecule has 0 N–H and O–H groups in total. The second-order valence-electron chi connectivity index (χ2n) is 3.70. The van der Waals surface area contributed by atoms with Crippen LogP contribution in [-0.4, -0.2) is 6.18 Å². The molecule has 3 heteroatoms. The summed E-state index contributed by atoms with van der Waals surface area (Å²) in [6, 6.07) is 0. The molecule has 0 nitrogen and oxygen atoms in total. The van der Waals surface area contributed by atoms with Crippen molar-refractivity contribution in [3.05, 3.63) is 0 Å². The zero-order valence-electron chi connectivity index (χ0n) is 8.62. The van der Waals surface area contributed by atoms with Crippen molar-refractivity contribution in [2.45, 2.75) is 52.6 Å². The maximum atomic E-state index is 12.5. The third-order valence-corrected chi connectivity index (χ3v) is 2.45. The maximum absolute atomic E-state index is 12.5. The van der Waals surface area contributed by atoms with Crippen LogP contribution in [0.1, 0.15) is 46.5 Å². The fraction of sp³-hybridized carbons (Fsp3) is 1.00. The Balaban J connectivity index is 4.23. The van der Waals surface area contributed by atoms with Crippen LogP contribution in [-0.2, 0) is 0 Å². The molecular weight excluding hydrogens is 177 g/mol. The fourth-order valence-corrected chi connectivity index (χ4v) is 1.74. The van der Waals surface area contributed by atoms with Crippen LogP contribution in [0.3, 0.4) is 0 Å². The van der Waals surface area contributed by atoms with Gasteiger partial charge in [-0.2, -0.15) is 13.2 Å². The van der Waals surface area contributed by atoms with Crippen LogP contribution in [0.15, 0.2) is 0 Å². The number of hydrogen-bond acceptors (Lipinski definition) is 0. The lowest BCUT2D eigenvalue weighted by Gasteiger charge is -2.25. The Morgan fingerprint density at radius 2 is 1.46 bits per heavy atom. The zero-order chi connectivity index (χ0) is 10.5. The average molecular weight is 196 g/mol. The third-order valence-electron chi connectivity index (χ3n) is 2.45. The van der Waals surface area contributed by atoms with Gasteiger partial charge in [-0.3, -0.25) is 0 Å². The Morgan fingerprint density at radius 1 is 1.00 bits per heavy atom. The standard InChI is InChI=1S/C10H19F3/c1-4-6-8(3)9(7-5-2)10(11,12)13/h8-9H,4-7H2,1-3H3. The second kappa shape index (κ2) is 5.51. The smallest absolute Gasteiger partial charge is 0.171 e. The molecule has 0 aromatic carbocycles. The first-order valence-electron chi connectivity index (χ1n) is 5.00. The molecule has 80 valence electrons. The Labute approximate surface area is 78.5 Å². The van der Waals surface area contributed by atoms with Crippen LogP contribution in [0.4, 0.5) is 13.2 Å². The van der Waals surface area contributed by atoms with Crippen molar-refractivity contribution in [3.63, 3.8) is 0 Å². The van der Waals surface area contributed by atoms with Gasteiger partial charge in [0, 0.05) is 0 Å². The first-order chi connectivity index (χ1) is 5.93. The van der Waals surface area contributed by atoms with Gasteiger partial charge in [-0.25, -0.2) is 0 Å². The second-order valence-corrected chi connectivity index (χ2v) is 3.70. The Morgan fingerprint density at radius 3 is 1.77 bits per heavy atom. The molecule has 2 unspecified atom stereocenters. The molecule has 13 heavy (non-hydrogen) atoms.